The number of amides is 1. The molecule has 0 radical (unpaired) electrons. The number of ether oxygens (including phenoxy) is 2. The first kappa shape index (κ1) is 18.9. The molecule has 144 valence electrons. The van der Waals surface area contributed by atoms with Gasteiger partial charge in [0.05, 0.1) is 19.9 Å². The van der Waals surface area contributed by atoms with Gasteiger partial charge >= 0.3 is 0 Å². The Morgan fingerprint density at radius 2 is 2.04 bits per heavy atom. The van der Waals surface area contributed by atoms with E-state index in [1.165, 1.54) is 6.42 Å². The molecule has 1 N–H and O–H groups in total. The topological polar surface area (TPSA) is 76.6 Å². The van der Waals surface area contributed by atoms with Crippen molar-refractivity contribution in [3.8, 4) is 11.5 Å². The van der Waals surface area contributed by atoms with Gasteiger partial charge in [-0.05, 0) is 43.9 Å². The third kappa shape index (κ3) is 4.48. The van der Waals surface area contributed by atoms with Crippen molar-refractivity contribution in [2.75, 3.05) is 37.5 Å². The van der Waals surface area contributed by atoms with Crippen molar-refractivity contribution < 1.29 is 14.3 Å². The third-order valence-corrected chi connectivity index (χ3v) is 4.67. The number of rotatable bonds is 5. The van der Waals surface area contributed by atoms with Crippen LogP contribution in [0.2, 0.25) is 0 Å². The van der Waals surface area contributed by atoms with Gasteiger partial charge in [0.2, 0.25) is 5.95 Å². The highest BCUT2D eigenvalue weighted by molar-refractivity contribution is 6.04. The number of methoxy groups -OCH3 is 2. The molecule has 0 bridgehead atoms. The van der Waals surface area contributed by atoms with Gasteiger partial charge in [0.1, 0.15) is 17.2 Å². The van der Waals surface area contributed by atoms with Gasteiger partial charge in [-0.3, -0.25) is 4.79 Å². The molecular formula is C20H26N4O3. The average Bonchev–Trinajstić information content (AvgIpc) is 2.67. The summed E-state index contributed by atoms with van der Waals surface area (Å²) in [5.74, 6) is 2.11. The molecule has 2 aromatic rings. The zero-order chi connectivity index (χ0) is 19.4. The molecule has 0 aliphatic carbocycles. The van der Waals surface area contributed by atoms with Crippen molar-refractivity contribution in [1.29, 1.82) is 0 Å². The van der Waals surface area contributed by atoms with Crippen LogP contribution in [-0.2, 0) is 0 Å². The Morgan fingerprint density at radius 1 is 1.22 bits per heavy atom. The van der Waals surface area contributed by atoms with Crippen molar-refractivity contribution in [2.24, 2.45) is 5.92 Å². The normalized spacial score (nSPS) is 16.7. The van der Waals surface area contributed by atoms with Crippen molar-refractivity contribution in [1.82, 2.24) is 9.97 Å². The molecule has 27 heavy (non-hydrogen) atoms. The van der Waals surface area contributed by atoms with Crippen LogP contribution in [0.15, 0.2) is 24.3 Å². The quantitative estimate of drug-likeness (QED) is 0.870. The van der Waals surface area contributed by atoms with Crippen LogP contribution in [0.1, 0.15) is 35.9 Å². The first-order valence-electron chi connectivity index (χ1n) is 9.14. The number of nitrogens with zero attached hydrogens (tertiary/aromatic N) is 3. The number of hydrogen-bond acceptors (Lipinski definition) is 6. The number of benzene rings is 1. The van der Waals surface area contributed by atoms with Crippen molar-refractivity contribution in [2.45, 2.75) is 26.7 Å². The van der Waals surface area contributed by atoms with Crippen LogP contribution < -0.4 is 19.7 Å². The van der Waals surface area contributed by atoms with E-state index in [9.17, 15) is 4.79 Å². The van der Waals surface area contributed by atoms with Crippen LogP contribution in [0.5, 0.6) is 11.5 Å². The van der Waals surface area contributed by atoms with Crippen LogP contribution in [0.25, 0.3) is 0 Å². The van der Waals surface area contributed by atoms with Crippen molar-refractivity contribution >= 4 is 17.5 Å². The monoisotopic (exact) mass is 370 g/mol. The Hall–Kier alpha value is -2.83. The number of aryl methyl sites for hydroxylation is 1. The minimum atomic E-state index is -0.296. The summed E-state index contributed by atoms with van der Waals surface area (Å²) in [5.41, 5.74) is 1.67. The number of aromatic nitrogens is 2. The molecular weight excluding hydrogens is 344 g/mol. The second kappa shape index (κ2) is 8.24. The van der Waals surface area contributed by atoms with Gasteiger partial charge in [0.25, 0.3) is 5.91 Å². The summed E-state index contributed by atoms with van der Waals surface area (Å²) < 4.78 is 10.5. The third-order valence-electron chi connectivity index (χ3n) is 4.67. The number of anilines is 2. The lowest BCUT2D eigenvalue weighted by molar-refractivity contribution is 0.102. The van der Waals surface area contributed by atoms with E-state index in [0.717, 1.165) is 25.2 Å². The summed E-state index contributed by atoms with van der Waals surface area (Å²) in [5, 5.41) is 2.87. The Kier molecular flexibility index (Phi) is 5.78. The van der Waals surface area contributed by atoms with Crippen molar-refractivity contribution in [3.63, 3.8) is 0 Å². The van der Waals surface area contributed by atoms with E-state index in [4.69, 9.17) is 9.47 Å². The highest BCUT2D eigenvalue weighted by Crippen LogP contribution is 2.29. The molecule has 7 nitrogen and oxygen atoms in total. The molecule has 2 heterocycles. The molecule has 1 aliphatic rings. The molecule has 0 saturated carbocycles. The van der Waals surface area contributed by atoms with Gasteiger partial charge in [-0.15, -0.1) is 0 Å². The molecule has 1 amide bonds. The second-order valence-corrected chi connectivity index (χ2v) is 6.91. The lowest BCUT2D eigenvalue weighted by atomic mass is 10.0. The highest BCUT2D eigenvalue weighted by atomic mass is 16.5. The largest absolute Gasteiger partial charge is 0.497 e. The minimum Gasteiger partial charge on any atom is -0.497 e. The van der Waals surface area contributed by atoms with E-state index in [2.05, 4.69) is 27.1 Å². The minimum absolute atomic E-state index is 0.296. The standard InChI is InChI=1S/C20H26N4O3/c1-13-6-5-9-24(12-13)20-21-14(2)10-17(23-20)19(25)22-16-8-7-15(26-3)11-18(16)27-4/h7-8,10-11,13H,5-6,9,12H2,1-4H3,(H,22,25). The Labute approximate surface area is 159 Å². The number of nitrogens with one attached hydrogen (secondary N) is 1. The number of carbonyl (C=O) groups is 1. The van der Waals surface area contributed by atoms with Gasteiger partial charge in [0, 0.05) is 24.8 Å². The molecule has 1 aromatic heterocycles. The second-order valence-electron chi connectivity index (χ2n) is 6.91. The molecule has 0 spiro atoms. The van der Waals surface area contributed by atoms with Crippen molar-refractivity contribution in [3.05, 3.63) is 35.7 Å². The van der Waals surface area contributed by atoms with E-state index in [0.29, 0.717) is 34.7 Å². The summed E-state index contributed by atoms with van der Waals surface area (Å²) in [6.07, 6.45) is 2.33. The fourth-order valence-electron chi connectivity index (χ4n) is 3.27. The van der Waals surface area contributed by atoms with Gasteiger partial charge in [-0.2, -0.15) is 0 Å². The molecule has 7 heteroatoms. The van der Waals surface area contributed by atoms with E-state index in [1.807, 2.05) is 6.92 Å². The number of hydrogen-bond donors (Lipinski definition) is 1. The molecule has 1 fully saturated rings. The maximum Gasteiger partial charge on any atom is 0.274 e. The van der Waals surface area contributed by atoms with E-state index < -0.39 is 0 Å². The van der Waals surface area contributed by atoms with Crippen LogP contribution in [0, 0.1) is 12.8 Å². The van der Waals surface area contributed by atoms with Crippen LogP contribution in [0.3, 0.4) is 0 Å². The number of carbonyl (C=O) groups excluding carboxylic acids is 1. The van der Waals surface area contributed by atoms with Crippen LogP contribution in [0.4, 0.5) is 11.6 Å². The summed E-state index contributed by atoms with van der Waals surface area (Å²) >= 11 is 0. The summed E-state index contributed by atoms with van der Waals surface area (Å²) in [4.78, 5) is 24.0. The summed E-state index contributed by atoms with van der Waals surface area (Å²) in [6.45, 7) is 5.94. The Morgan fingerprint density at radius 3 is 2.74 bits per heavy atom. The first-order chi connectivity index (χ1) is 13.0. The van der Waals surface area contributed by atoms with Gasteiger partial charge in [-0.25, -0.2) is 9.97 Å². The molecule has 1 unspecified atom stereocenters. The smallest absolute Gasteiger partial charge is 0.274 e. The lowest BCUT2D eigenvalue weighted by Gasteiger charge is -2.31. The highest BCUT2D eigenvalue weighted by Gasteiger charge is 2.21. The average molecular weight is 370 g/mol. The Balaban J connectivity index is 1.83. The lowest BCUT2D eigenvalue weighted by Crippen LogP contribution is -2.36. The zero-order valence-electron chi connectivity index (χ0n) is 16.3. The SMILES string of the molecule is COc1ccc(NC(=O)c2cc(C)nc(N3CCCC(C)C3)n2)c(OC)c1. The fraction of sp³-hybridized carbons (Fsp3) is 0.450. The van der Waals surface area contributed by atoms with E-state index in [-0.39, 0.29) is 5.91 Å². The fourth-order valence-corrected chi connectivity index (χ4v) is 3.27. The molecule has 1 aromatic carbocycles. The maximum atomic E-state index is 12.8. The maximum absolute atomic E-state index is 12.8. The predicted octanol–water partition coefficient (Wildman–Crippen LogP) is 3.29. The van der Waals surface area contributed by atoms with Gasteiger partial charge < -0.3 is 19.7 Å². The van der Waals surface area contributed by atoms with E-state index in [1.54, 1.807) is 38.5 Å². The zero-order valence-corrected chi connectivity index (χ0v) is 16.3. The van der Waals surface area contributed by atoms with Gasteiger partial charge in [-0.1, -0.05) is 6.92 Å². The van der Waals surface area contributed by atoms with Gasteiger partial charge in [0.15, 0.2) is 0 Å². The van der Waals surface area contributed by atoms with Crippen LogP contribution >= 0.6 is 0 Å². The molecule has 1 saturated heterocycles. The Bertz CT molecular complexity index is 825. The molecule has 1 atom stereocenters. The molecule has 1 aliphatic heterocycles. The summed E-state index contributed by atoms with van der Waals surface area (Å²) in [7, 11) is 3.13. The van der Waals surface area contributed by atoms with Crippen LogP contribution in [-0.4, -0.2) is 43.2 Å². The van der Waals surface area contributed by atoms with E-state index >= 15 is 0 Å². The predicted molar refractivity (Wildman–Crippen MR) is 105 cm³/mol. The first-order valence-corrected chi connectivity index (χ1v) is 9.14. The molecule has 3 rings (SSSR count). The summed E-state index contributed by atoms with van der Waals surface area (Å²) in [6, 6.07) is 6.93. The number of piperidine rings is 1.